The van der Waals surface area contributed by atoms with E-state index < -0.39 is 18.0 Å². The van der Waals surface area contributed by atoms with Gasteiger partial charge in [0.25, 0.3) is 0 Å². The molecule has 0 radical (unpaired) electrons. The van der Waals surface area contributed by atoms with Gasteiger partial charge in [0.15, 0.2) is 5.82 Å². The molecule has 2 saturated carbocycles. The number of carbonyl (C=O) groups is 2. The number of aromatic nitrogens is 2. The van der Waals surface area contributed by atoms with Crippen LogP contribution in [0.1, 0.15) is 99.2 Å². The van der Waals surface area contributed by atoms with Gasteiger partial charge in [0.05, 0.1) is 6.54 Å². The van der Waals surface area contributed by atoms with Crippen LogP contribution in [0.25, 0.3) is 0 Å². The lowest BCUT2D eigenvalue weighted by Gasteiger charge is -2.45. The van der Waals surface area contributed by atoms with E-state index in [0.717, 1.165) is 54.6 Å². The maximum absolute atomic E-state index is 13.7. The Hall–Kier alpha value is -2.98. The number of nitrogens with zero attached hydrogens (tertiary/aromatic N) is 2. The van der Waals surface area contributed by atoms with Crippen LogP contribution in [0.2, 0.25) is 0 Å². The third-order valence-corrected chi connectivity index (χ3v) is 8.83. The van der Waals surface area contributed by atoms with Crippen molar-refractivity contribution in [3.63, 3.8) is 0 Å². The van der Waals surface area contributed by atoms with E-state index in [9.17, 15) is 14.7 Å². The molecule has 2 amide bonds. The Bertz CT molecular complexity index is 1160. The van der Waals surface area contributed by atoms with Gasteiger partial charge in [-0.05, 0) is 106 Å². The molecule has 10 heteroatoms. The highest BCUT2D eigenvalue weighted by Crippen LogP contribution is 2.51. The number of nitrogens with two attached hydrogens (primary N) is 2. The zero-order chi connectivity index (χ0) is 28.9. The van der Waals surface area contributed by atoms with Crippen molar-refractivity contribution in [1.29, 1.82) is 0 Å². The lowest BCUT2D eigenvalue weighted by molar-refractivity contribution is -0.129. The van der Waals surface area contributed by atoms with Crippen molar-refractivity contribution in [2.24, 2.45) is 23.3 Å². The third-order valence-electron chi connectivity index (χ3n) is 8.83. The van der Waals surface area contributed by atoms with E-state index in [1.165, 1.54) is 19.3 Å². The molecule has 0 aliphatic heterocycles. The summed E-state index contributed by atoms with van der Waals surface area (Å²) in [5.74, 6) is 1.88. The molecule has 3 unspecified atom stereocenters. The summed E-state index contributed by atoms with van der Waals surface area (Å²) < 4.78 is 5.84. The summed E-state index contributed by atoms with van der Waals surface area (Å²) in [5.41, 5.74) is 13.8. The molecule has 7 N–H and O–H groups in total. The summed E-state index contributed by atoms with van der Waals surface area (Å²) in [6.07, 6.45) is 9.35. The predicted molar refractivity (Wildman–Crippen MR) is 152 cm³/mol. The van der Waals surface area contributed by atoms with Gasteiger partial charge in [-0.1, -0.05) is 24.9 Å². The SMILES string of the molecule is Cc1cc(O)cc(C)c1C[C@H](NC(=O)CN)C(=O)N[C@@H](CCCCN)c1nc(C23CCCC(CC(C)C2)C3)no1. The van der Waals surface area contributed by atoms with Crippen LogP contribution < -0.4 is 22.1 Å². The molecule has 1 aromatic carbocycles. The summed E-state index contributed by atoms with van der Waals surface area (Å²) in [6, 6.07) is 1.93. The summed E-state index contributed by atoms with van der Waals surface area (Å²) in [5, 5.41) is 20.3. The van der Waals surface area contributed by atoms with E-state index in [-0.39, 0.29) is 30.0 Å². The Balaban J connectivity index is 1.57. The van der Waals surface area contributed by atoms with E-state index in [1.54, 1.807) is 12.1 Å². The molecule has 2 aliphatic rings. The van der Waals surface area contributed by atoms with Gasteiger partial charge >= 0.3 is 0 Å². The topological polar surface area (TPSA) is 169 Å². The lowest BCUT2D eigenvalue weighted by Crippen LogP contribution is -2.50. The molecule has 10 nitrogen and oxygen atoms in total. The van der Waals surface area contributed by atoms with Crippen LogP contribution in [-0.4, -0.2) is 46.2 Å². The quantitative estimate of drug-likeness (QED) is 0.249. The van der Waals surface area contributed by atoms with Crippen LogP contribution in [-0.2, 0) is 21.4 Å². The number of unbranched alkanes of at least 4 members (excludes halogenated alkanes) is 1. The van der Waals surface area contributed by atoms with Crippen molar-refractivity contribution in [2.75, 3.05) is 13.1 Å². The first kappa shape index (κ1) is 30.0. The average Bonchev–Trinajstić information content (AvgIpc) is 3.40. The second kappa shape index (κ2) is 13.1. The number of hydrogen-bond acceptors (Lipinski definition) is 8. The molecule has 2 bridgehead atoms. The normalized spacial score (nSPS) is 23.8. The van der Waals surface area contributed by atoms with Gasteiger partial charge in [0.1, 0.15) is 17.8 Å². The zero-order valence-electron chi connectivity index (χ0n) is 24.2. The number of aryl methyl sites for hydroxylation is 2. The number of fused-ring (bicyclic) bond motifs is 2. The Morgan fingerprint density at radius 2 is 1.93 bits per heavy atom. The first-order valence-electron chi connectivity index (χ1n) is 14.8. The van der Waals surface area contributed by atoms with Gasteiger partial charge in [-0.25, -0.2) is 0 Å². The van der Waals surface area contributed by atoms with Gasteiger partial charge in [0.2, 0.25) is 17.7 Å². The fourth-order valence-electron chi connectivity index (χ4n) is 7.06. The zero-order valence-corrected chi connectivity index (χ0v) is 24.2. The highest BCUT2D eigenvalue weighted by Gasteiger charge is 2.46. The third kappa shape index (κ3) is 7.01. The van der Waals surface area contributed by atoms with Crippen molar-refractivity contribution >= 4 is 11.8 Å². The molecule has 2 aromatic rings. The molecular formula is C30H46N6O4. The number of rotatable bonds is 12. The fourth-order valence-corrected chi connectivity index (χ4v) is 7.06. The maximum Gasteiger partial charge on any atom is 0.249 e. The van der Waals surface area contributed by atoms with Crippen LogP contribution in [0.4, 0.5) is 0 Å². The smallest absolute Gasteiger partial charge is 0.249 e. The molecule has 2 fully saturated rings. The Morgan fingerprint density at radius 3 is 2.62 bits per heavy atom. The van der Waals surface area contributed by atoms with E-state index in [0.29, 0.717) is 30.7 Å². The highest BCUT2D eigenvalue weighted by molar-refractivity contribution is 5.88. The number of phenols is 1. The van der Waals surface area contributed by atoms with Gasteiger partial charge in [-0.2, -0.15) is 4.98 Å². The summed E-state index contributed by atoms with van der Waals surface area (Å²) in [4.78, 5) is 30.9. The van der Waals surface area contributed by atoms with Crippen LogP contribution in [0, 0.1) is 25.7 Å². The largest absolute Gasteiger partial charge is 0.508 e. The van der Waals surface area contributed by atoms with Crippen LogP contribution in [0.5, 0.6) is 5.75 Å². The number of aromatic hydroxyl groups is 1. The summed E-state index contributed by atoms with van der Waals surface area (Å²) >= 11 is 0. The van der Waals surface area contributed by atoms with E-state index in [4.69, 9.17) is 21.0 Å². The number of amides is 2. The molecular weight excluding hydrogens is 508 g/mol. The van der Waals surface area contributed by atoms with Gasteiger partial charge < -0.3 is 31.7 Å². The standard InChI is InChI=1S/C30H46N6O4/c1-18-11-21-7-6-9-30(15-18,16-21)29-35-28(40-36-29)24(8-4-5-10-31)34-27(39)25(33-26(38)17-32)14-23-19(2)12-22(37)13-20(23)3/h12-13,18,21,24-25,37H,4-11,14-17,31-32H2,1-3H3,(H,33,38)(H,34,39)/t18?,21?,24-,25-,30?/m0/s1. The van der Waals surface area contributed by atoms with Crippen LogP contribution >= 0.6 is 0 Å². The second-order valence-electron chi connectivity index (χ2n) is 12.2. The Kier molecular flexibility index (Phi) is 9.84. The molecule has 0 saturated heterocycles. The number of benzene rings is 1. The minimum Gasteiger partial charge on any atom is -0.508 e. The molecule has 40 heavy (non-hydrogen) atoms. The van der Waals surface area contributed by atoms with E-state index >= 15 is 0 Å². The van der Waals surface area contributed by atoms with Crippen LogP contribution in [0.3, 0.4) is 0 Å². The van der Waals surface area contributed by atoms with E-state index in [1.807, 2.05) is 13.8 Å². The Labute approximate surface area is 237 Å². The highest BCUT2D eigenvalue weighted by atomic mass is 16.5. The van der Waals surface area contributed by atoms with Crippen LogP contribution in [0.15, 0.2) is 16.7 Å². The van der Waals surface area contributed by atoms with Crippen molar-refractivity contribution in [3.05, 3.63) is 40.5 Å². The lowest BCUT2D eigenvalue weighted by atomic mass is 9.59. The molecule has 4 rings (SSSR count). The minimum atomic E-state index is -0.866. The molecule has 1 aromatic heterocycles. The minimum absolute atomic E-state index is 0.0558. The molecule has 0 spiro atoms. The van der Waals surface area contributed by atoms with Crippen molar-refractivity contribution in [3.8, 4) is 5.75 Å². The van der Waals surface area contributed by atoms with Crippen molar-refractivity contribution < 1.29 is 19.2 Å². The summed E-state index contributed by atoms with van der Waals surface area (Å²) in [6.45, 7) is 6.38. The number of nitrogens with one attached hydrogen (secondary N) is 2. The molecule has 5 atom stereocenters. The maximum atomic E-state index is 13.7. The second-order valence-corrected chi connectivity index (χ2v) is 12.2. The number of hydrogen-bond donors (Lipinski definition) is 5. The first-order valence-corrected chi connectivity index (χ1v) is 14.8. The van der Waals surface area contributed by atoms with Gasteiger partial charge in [0, 0.05) is 11.8 Å². The first-order chi connectivity index (χ1) is 19.1. The fraction of sp³-hybridized carbons (Fsp3) is 0.667. The molecule has 2 aliphatic carbocycles. The van der Waals surface area contributed by atoms with Gasteiger partial charge in [-0.3, -0.25) is 9.59 Å². The molecule has 220 valence electrons. The Morgan fingerprint density at radius 1 is 1.18 bits per heavy atom. The number of carbonyl (C=O) groups excluding carboxylic acids is 2. The molecule has 1 heterocycles. The average molecular weight is 555 g/mol. The van der Waals surface area contributed by atoms with Gasteiger partial charge in [-0.15, -0.1) is 0 Å². The van der Waals surface area contributed by atoms with E-state index in [2.05, 4.69) is 22.7 Å². The van der Waals surface area contributed by atoms with Crippen molar-refractivity contribution in [2.45, 2.75) is 102 Å². The van der Waals surface area contributed by atoms with Crippen molar-refractivity contribution in [1.82, 2.24) is 20.8 Å². The number of phenolic OH excluding ortho intramolecular Hbond substituents is 1. The summed E-state index contributed by atoms with van der Waals surface area (Å²) in [7, 11) is 0. The monoisotopic (exact) mass is 554 g/mol. The predicted octanol–water partition coefficient (Wildman–Crippen LogP) is 3.22.